The van der Waals surface area contributed by atoms with Crippen molar-refractivity contribution in [2.45, 2.75) is 20.3 Å². The lowest BCUT2D eigenvalue weighted by Gasteiger charge is -2.10. The van der Waals surface area contributed by atoms with Gasteiger partial charge in [-0.1, -0.05) is 0 Å². The summed E-state index contributed by atoms with van der Waals surface area (Å²) in [5.41, 5.74) is 1.79. The summed E-state index contributed by atoms with van der Waals surface area (Å²) in [6, 6.07) is 1.66. The number of hydrogen-bond donors (Lipinski definition) is 2. The second-order valence-corrected chi connectivity index (χ2v) is 4.40. The summed E-state index contributed by atoms with van der Waals surface area (Å²) in [6.07, 6.45) is 0.841. The maximum Gasteiger partial charge on any atom is 0.263 e. The van der Waals surface area contributed by atoms with E-state index < -0.39 is 0 Å². The van der Waals surface area contributed by atoms with E-state index in [-0.39, 0.29) is 17.0 Å². The van der Waals surface area contributed by atoms with E-state index in [4.69, 9.17) is 0 Å². The second kappa shape index (κ2) is 6.35. The molecule has 5 nitrogen and oxygen atoms in total. The van der Waals surface area contributed by atoms with Crippen molar-refractivity contribution < 1.29 is 4.79 Å². The zero-order chi connectivity index (χ0) is 13.7. The molecule has 0 radical (unpaired) electrons. The first kappa shape index (κ1) is 14.4. The van der Waals surface area contributed by atoms with E-state index in [1.54, 1.807) is 13.1 Å². The molecule has 100 valence electrons. The predicted molar refractivity (Wildman–Crippen MR) is 72.0 cm³/mol. The van der Waals surface area contributed by atoms with E-state index in [2.05, 4.69) is 10.6 Å². The second-order valence-electron chi connectivity index (χ2n) is 4.40. The summed E-state index contributed by atoms with van der Waals surface area (Å²) in [5, 5.41) is 5.76. The highest BCUT2D eigenvalue weighted by atomic mass is 16.2. The molecule has 1 aromatic rings. The Balaban J connectivity index is 2.84. The molecule has 1 amide bonds. The van der Waals surface area contributed by atoms with Crippen molar-refractivity contribution >= 4 is 5.91 Å². The molecule has 18 heavy (non-hydrogen) atoms. The lowest BCUT2D eigenvalue weighted by Crippen LogP contribution is -2.34. The van der Waals surface area contributed by atoms with Crippen molar-refractivity contribution in [3.63, 3.8) is 0 Å². The predicted octanol–water partition coefficient (Wildman–Crippen LogP) is 0.341. The largest absolute Gasteiger partial charge is 0.352 e. The Morgan fingerprint density at radius 2 is 2.00 bits per heavy atom. The van der Waals surface area contributed by atoms with Gasteiger partial charge in [-0.25, -0.2) is 0 Å². The zero-order valence-electron chi connectivity index (χ0n) is 11.5. The van der Waals surface area contributed by atoms with Crippen LogP contribution in [-0.4, -0.2) is 30.6 Å². The summed E-state index contributed by atoms with van der Waals surface area (Å²) >= 11 is 0. The number of nitrogens with one attached hydrogen (secondary N) is 2. The molecule has 0 unspecified atom stereocenters. The third-order valence-corrected chi connectivity index (χ3v) is 3.10. The average Bonchev–Trinajstić information content (AvgIpc) is 2.36. The zero-order valence-corrected chi connectivity index (χ0v) is 11.5. The lowest BCUT2D eigenvalue weighted by molar-refractivity contribution is 0.0951. The Labute approximate surface area is 107 Å². The van der Waals surface area contributed by atoms with Gasteiger partial charge < -0.3 is 15.2 Å². The van der Waals surface area contributed by atoms with Gasteiger partial charge in [-0.15, -0.1) is 0 Å². The number of nitrogens with zero attached hydrogens (tertiary/aromatic N) is 1. The molecule has 5 heteroatoms. The van der Waals surface area contributed by atoms with E-state index in [0.29, 0.717) is 6.54 Å². The summed E-state index contributed by atoms with van der Waals surface area (Å²) in [5.74, 6) is -0.296. The first-order valence-corrected chi connectivity index (χ1v) is 6.09. The molecule has 0 bridgehead atoms. The van der Waals surface area contributed by atoms with Crippen molar-refractivity contribution in [1.29, 1.82) is 0 Å². The monoisotopic (exact) mass is 251 g/mol. The Kier molecular flexibility index (Phi) is 5.09. The van der Waals surface area contributed by atoms with Crippen LogP contribution in [0.2, 0.25) is 0 Å². The normalized spacial score (nSPS) is 10.4. The number of hydrogen-bond acceptors (Lipinski definition) is 3. The van der Waals surface area contributed by atoms with Crippen LogP contribution in [0, 0.1) is 13.8 Å². The fourth-order valence-electron chi connectivity index (χ4n) is 1.71. The van der Waals surface area contributed by atoms with Gasteiger partial charge in [-0.3, -0.25) is 9.59 Å². The number of amides is 1. The van der Waals surface area contributed by atoms with Crippen LogP contribution in [-0.2, 0) is 7.05 Å². The average molecular weight is 251 g/mol. The Morgan fingerprint density at radius 3 is 2.61 bits per heavy atom. The van der Waals surface area contributed by atoms with Crippen LogP contribution in [0.3, 0.4) is 0 Å². The summed E-state index contributed by atoms with van der Waals surface area (Å²) in [6.45, 7) is 5.17. The van der Waals surface area contributed by atoms with Gasteiger partial charge in [0.2, 0.25) is 0 Å². The molecule has 1 rings (SSSR count). The van der Waals surface area contributed by atoms with Gasteiger partial charge in [0.15, 0.2) is 0 Å². The maximum atomic E-state index is 12.0. The van der Waals surface area contributed by atoms with E-state index in [9.17, 15) is 9.59 Å². The first-order valence-electron chi connectivity index (χ1n) is 6.09. The molecule has 0 saturated carbocycles. The SMILES string of the molecule is CNCCCNC(=O)c1cc(C)c(C)n(C)c1=O. The summed E-state index contributed by atoms with van der Waals surface area (Å²) < 4.78 is 1.51. The molecule has 1 aromatic heterocycles. The molecule has 0 aliphatic carbocycles. The molecule has 0 spiro atoms. The third-order valence-electron chi connectivity index (χ3n) is 3.10. The van der Waals surface area contributed by atoms with Crippen molar-refractivity contribution in [1.82, 2.24) is 15.2 Å². The van der Waals surface area contributed by atoms with Gasteiger partial charge in [0.25, 0.3) is 11.5 Å². The van der Waals surface area contributed by atoms with Gasteiger partial charge in [0.1, 0.15) is 5.56 Å². The first-order chi connectivity index (χ1) is 8.49. The molecule has 0 atom stereocenters. The van der Waals surface area contributed by atoms with Crippen molar-refractivity contribution in [2.75, 3.05) is 20.1 Å². The molecule has 2 N–H and O–H groups in total. The van der Waals surface area contributed by atoms with Crippen molar-refractivity contribution in [3.05, 3.63) is 33.2 Å². The molecule has 0 aromatic carbocycles. The van der Waals surface area contributed by atoms with Crippen molar-refractivity contribution in [3.8, 4) is 0 Å². The van der Waals surface area contributed by atoms with Gasteiger partial charge in [-0.2, -0.15) is 0 Å². The number of pyridine rings is 1. The fraction of sp³-hybridized carbons (Fsp3) is 0.538. The van der Waals surface area contributed by atoms with Gasteiger partial charge in [0.05, 0.1) is 0 Å². The van der Waals surface area contributed by atoms with Crippen LogP contribution in [0.25, 0.3) is 0 Å². The molecule has 0 aliphatic heterocycles. The van der Waals surface area contributed by atoms with Crippen LogP contribution in [0.5, 0.6) is 0 Å². The Bertz CT molecular complexity index is 492. The van der Waals surface area contributed by atoms with Crippen LogP contribution in [0.1, 0.15) is 28.0 Å². The van der Waals surface area contributed by atoms with Gasteiger partial charge >= 0.3 is 0 Å². The highest BCUT2D eigenvalue weighted by Crippen LogP contribution is 2.05. The van der Waals surface area contributed by atoms with Crippen LogP contribution in [0.15, 0.2) is 10.9 Å². The lowest BCUT2D eigenvalue weighted by atomic mass is 10.1. The highest BCUT2D eigenvalue weighted by molar-refractivity contribution is 5.94. The molecule has 1 heterocycles. The van der Waals surface area contributed by atoms with Crippen LogP contribution < -0.4 is 16.2 Å². The Hall–Kier alpha value is -1.62. The fourth-order valence-corrected chi connectivity index (χ4v) is 1.71. The topological polar surface area (TPSA) is 63.1 Å². The number of carbonyl (C=O) groups is 1. The van der Waals surface area contributed by atoms with Crippen molar-refractivity contribution in [2.24, 2.45) is 7.05 Å². The summed E-state index contributed by atoms with van der Waals surface area (Å²) in [4.78, 5) is 23.9. The minimum atomic E-state index is -0.296. The quantitative estimate of drug-likeness (QED) is 0.742. The van der Waals surface area contributed by atoms with E-state index in [0.717, 1.165) is 24.2 Å². The number of carbonyl (C=O) groups excluding carboxylic acids is 1. The third kappa shape index (κ3) is 3.20. The van der Waals surface area contributed by atoms with E-state index in [1.807, 2.05) is 20.9 Å². The van der Waals surface area contributed by atoms with E-state index in [1.165, 1.54) is 4.57 Å². The Morgan fingerprint density at radius 1 is 1.33 bits per heavy atom. The maximum absolute atomic E-state index is 12.0. The minimum Gasteiger partial charge on any atom is -0.352 e. The van der Waals surface area contributed by atoms with E-state index >= 15 is 0 Å². The number of rotatable bonds is 5. The molecule has 0 saturated heterocycles. The molecular formula is C13H21N3O2. The summed E-state index contributed by atoms with van der Waals surface area (Å²) in [7, 11) is 3.54. The number of aryl methyl sites for hydroxylation is 1. The molecule has 0 fully saturated rings. The van der Waals surface area contributed by atoms with Crippen LogP contribution >= 0.6 is 0 Å². The number of aromatic nitrogens is 1. The standard InChI is InChI=1S/C13H21N3O2/c1-9-8-11(13(18)16(4)10(9)2)12(17)15-7-5-6-14-3/h8,14H,5-7H2,1-4H3,(H,15,17). The van der Waals surface area contributed by atoms with Crippen LogP contribution in [0.4, 0.5) is 0 Å². The molecular weight excluding hydrogens is 230 g/mol. The smallest absolute Gasteiger partial charge is 0.263 e. The minimum absolute atomic E-state index is 0.213. The van der Waals surface area contributed by atoms with Gasteiger partial charge in [0, 0.05) is 19.3 Å². The van der Waals surface area contributed by atoms with Gasteiger partial charge in [-0.05, 0) is 45.5 Å². The highest BCUT2D eigenvalue weighted by Gasteiger charge is 2.13. The molecule has 0 aliphatic rings.